The van der Waals surface area contributed by atoms with Crippen molar-refractivity contribution in [1.29, 1.82) is 0 Å². The van der Waals surface area contributed by atoms with Crippen LogP contribution in [0.1, 0.15) is 10.4 Å². The van der Waals surface area contributed by atoms with Crippen LogP contribution in [0.15, 0.2) is 16.6 Å². The molecule has 1 aromatic carbocycles. The average molecular weight is 353 g/mol. The van der Waals surface area contributed by atoms with Gasteiger partial charge in [0.05, 0.1) is 17.4 Å². The Morgan fingerprint density at radius 2 is 2.19 bits per heavy atom. The number of alkyl halides is 1. The highest BCUT2D eigenvalue weighted by molar-refractivity contribution is 9.10. The van der Waals surface area contributed by atoms with Crippen molar-refractivity contribution >= 4 is 43.3 Å². The van der Waals surface area contributed by atoms with E-state index in [1.54, 1.807) is 0 Å². The molecule has 1 aromatic rings. The van der Waals surface area contributed by atoms with Gasteiger partial charge in [0.25, 0.3) is 0 Å². The number of ether oxygens (including phenoxy) is 1. The molecule has 0 radical (unpaired) electrons. The van der Waals surface area contributed by atoms with Gasteiger partial charge < -0.3 is 4.74 Å². The van der Waals surface area contributed by atoms with E-state index in [0.717, 1.165) is 0 Å². The van der Waals surface area contributed by atoms with E-state index in [0.29, 0.717) is 10.0 Å². The smallest absolute Gasteiger partial charge is 0.312 e. The van der Waals surface area contributed by atoms with Crippen molar-refractivity contribution < 1.29 is 14.5 Å². The van der Waals surface area contributed by atoms with E-state index < -0.39 is 4.92 Å². The Kier molecular flexibility index (Phi) is 4.43. The standard InChI is InChI=1S/C9H7Br2NO4/c1-16-9-2-5(8(13)4-10)6(11)3-7(9)12(14)15/h2-3H,4H2,1H3. The number of nitrogens with zero attached hydrogens (tertiary/aromatic N) is 1. The Morgan fingerprint density at radius 1 is 1.56 bits per heavy atom. The van der Waals surface area contributed by atoms with E-state index in [-0.39, 0.29) is 22.6 Å². The van der Waals surface area contributed by atoms with E-state index in [2.05, 4.69) is 31.9 Å². The molecule has 0 spiro atoms. The van der Waals surface area contributed by atoms with Crippen LogP contribution in [0.3, 0.4) is 0 Å². The van der Waals surface area contributed by atoms with Crippen molar-refractivity contribution in [2.45, 2.75) is 0 Å². The fourth-order valence-corrected chi connectivity index (χ4v) is 1.99. The van der Waals surface area contributed by atoms with Gasteiger partial charge in [0.2, 0.25) is 0 Å². The predicted molar refractivity (Wildman–Crippen MR) is 65.5 cm³/mol. The maximum atomic E-state index is 11.5. The van der Waals surface area contributed by atoms with Gasteiger partial charge in [-0.1, -0.05) is 15.9 Å². The van der Waals surface area contributed by atoms with Crippen LogP contribution >= 0.6 is 31.9 Å². The lowest BCUT2D eigenvalue weighted by Gasteiger charge is -2.06. The van der Waals surface area contributed by atoms with Gasteiger partial charge in [0.1, 0.15) is 0 Å². The molecule has 0 saturated heterocycles. The van der Waals surface area contributed by atoms with Crippen molar-refractivity contribution in [3.05, 3.63) is 32.3 Å². The molecular formula is C9H7Br2NO4. The number of nitro benzene ring substituents is 1. The lowest BCUT2D eigenvalue weighted by atomic mass is 10.1. The fourth-order valence-electron chi connectivity index (χ4n) is 1.13. The maximum Gasteiger partial charge on any atom is 0.312 e. The van der Waals surface area contributed by atoms with Crippen molar-refractivity contribution in [2.75, 3.05) is 12.4 Å². The number of hydrogen-bond acceptors (Lipinski definition) is 4. The monoisotopic (exact) mass is 351 g/mol. The van der Waals surface area contributed by atoms with Gasteiger partial charge in [0.15, 0.2) is 11.5 Å². The molecule has 0 saturated carbocycles. The zero-order valence-electron chi connectivity index (χ0n) is 8.20. The quantitative estimate of drug-likeness (QED) is 0.361. The van der Waals surface area contributed by atoms with Crippen LogP contribution in [0, 0.1) is 10.1 Å². The van der Waals surface area contributed by atoms with Crippen LogP contribution in [-0.2, 0) is 0 Å². The number of hydrogen-bond donors (Lipinski definition) is 0. The summed E-state index contributed by atoms with van der Waals surface area (Å²) < 4.78 is 5.25. The summed E-state index contributed by atoms with van der Waals surface area (Å²) >= 11 is 6.15. The molecule has 0 aromatic heterocycles. The van der Waals surface area contributed by atoms with Crippen LogP contribution in [0.25, 0.3) is 0 Å². The van der Waals surface area contributed by atoms with Crippen molar-refractivity contribution in [3.8, 4) is 5.75 Å². The highest BCUT2D eigenvalue weighted by Crippen LogP contribution is 2.33. The Hall–Kier alpha value is -0.950. The van der Waals surface area contributed by atoms with Gasteiger partial charge in [-0.25, -0.2) is 0 Å². The summed E-state index contributed by atoms with van der Waals surface area (Å²) in [5.74, 6) is -0.113. The Labute approximate surface area is 108 Å². The van der Waals surface area contributed by atoms with E-state index in [1.807, 2.05) is 0 Å². The van der Waals surface area contributed by atoms with Gasteiger partial charge in [0, 0.05) is 16.1 Å². The van der Waals surface area contributed by atoms with Gasteiger partial charge in [-0.2, -0.15) is 0 Å². The molecule has 0 aliphatic heterocycles. The van der Waals surface area contributed by atoms with Crippen molar-refractivity contribution in [3.63, 3.8) is 0 Å². The molecule has 5 nitrogen and oxygen atoms in total. The SMILES string of the molecule is COc1cc(C(=O)CBr)c(Br)cc1[N+](=O)[O-]. The molecule has 0 aliphatic carbocycles. The van der Waals surface area contributed by atoms with Crippen LogP contribution in [0.2, 0.25) is 0 Å². The number of halogens is 2. The molecule has 0 aliphatic rings. The first-order valence-electron chi connectivity index (χ1n) is 4.12. The summed E-state index contributed by atoms with van der Waals surface area (Å²) in [4.78, 5) is 21.6. The number of ketones is 1. The molecule has 0 heterocycles. The van der Waals surface area contributed by atoms with E-state index in [9.17, 15) is 14.9 Å². The Balaban J connectivity index is 3.37. The minimum atomic E-state index is -0.564. The predicted octanol–water partition coefficient (Wildman–Crippen LogP) is 2.94. The second kappa shape index (κ2) is 5.40. The molecule has 0 atom stereocenters. The summed E-state index contributed by atoms with van der Waals surface area (Å²) in [6, 6.07) is 2.61. The molecule has 0 bridgehead atoms. The molecular weight excluding hydrogens is 346 g/mol. The highest BCUT2D eigenvalue weighted by atomic mass is 79.9. The highest BCUT2D eigenvalue weighted by Gasteiger charge is 2.20. The maximum absolute atomic E-state index is 11.5. The second-order valence-corrected chi connectivity index (χ2v) is 4.23. The summed E-state index contributed by atoms with van der Waals surface area (Å²) in [5.41, 5.74) is 0.167. The van der Waals surface area contributed by atoms with E-state index in [4.69, 9.17) is 4.74 Å². The largest absolute Gasteiger partial charge is 0.490 e. The average Bonchev–Trinajstić information content (AvgIpc) is 2.27. The molecule has 16 heavy (non-hydrogen) atoms. The minimum absolute atomic E-state index is 0.0671. The second-order valence-electron chi connectivity index (χ2n) is 2.82. The third-order valence-electron chi connectivity index (χ3n) is 1.89. The molecule has 0 unspecified atom stereocenters. The van der Waals surface area contributed by atoms with Crippen LogP contribution in [0.4, 0.5) is 5.69 Å². The zero-order valence-corrected chi connectivity index (χ0v) is 11.4. The first-order chi connectivity index (χ1) is 7.51. The van der Waals surface area contributed by atoms with Crippen molar-refractivity contribution in [2.24, 2.45) is 0 Å². The summed E-state index contributed by atoms with van der Waals surface area (Å²) in [6.07, 6.45) is 0. The van der Waals surface area contributed by atoms with Crippen molar-refractivity contribution in [1.82, 2.24) is 0 Å². The Bertz CT molecular complexity index is 447. The number of carbonyl (C=O) groups excluding carboxylic acids is 1. The number of rotatable bonds is 4. The Morgan fingerprint density at radius 3 is 2.62 bits per heavy atom. The third-order valence-corrected chi connectivity index (χ3v) is 3.05. The van der Waals surface area contributed by atoms with Gasteiger partial charge >= 0.3 is 5.69 Å². The molecule has 0 amide bonds. The lowest BCUT2D eigenvalue weighted by molar-refractivity contribution is -0.385. The van der Waals surface area contributed by atoms with Gasteiger partial charge in [-0.3, -0.25) is 14.9 Å². The molecule has 86 valence electrons. The first-order valence-corrected chi connectivity index (χ1v) is 6.03. The van der Waals surface area contributed by atoms with Crippen LogP contribution in [-0.4, -0.2) is 23.1 Å². The number of benzene rings is 1. The number of Topliss-reactive ketones (excluding diaryl/α,β-unsaturated/α-hetero) is 1. The van der Waals surface area contributed by atoms with Crippen LogP contribution in [0.5, 0.6) is 5.75 Å². The molecule has 7 heteroatoms. The molecule has 1 rings (SSSR count). The number of nitro groups is 1. The number of methoxy groups -OCH3 is 1. The lowest BCUT2D eigenvalue weighted by Crippen LogP contribution is -2.03. The molecule has 0 N–H and O–H groups in total. The van der Waals surface area contributed by atoms with Gasteiger partial charge in [-0.15, -0.1) is 0 Å². The normalized spacial score (nSPS) is 9.94. The van der Waals surface area contributed by atoms with Crippen LogP contribution < -0.4 is 4.74 Å². The summed E-state index contributed by atoms with van der Waals surface area (Å²) in [7, 11) is 1.32. The number of carbonyl (C=O) groups is 1. The summed E-state index contributed by atoms with van der Waals surface area (Å²) in [6.45, 7) is 0. The van der Waals surface area contributed by atoms with E-state index in [1.165, 1.54) is 19.2 Å². The molecule has 0 fully saturated rings. The zero-order chi connectivity index (χ0) is 12.3. The summed E-state index contributed by atoms with van der Waals surface area (Å²) in [5, 5.41) is 10.8. The van der Waals surface area contributed by atoms with Gasteiger partial charge in [-0.05, 0) is 22.0 Å². The van der Waals surface area contributed by atoms with E-state index >= 15 is 0 Å². The fraction of sp³-hybridized carbons (Fsp3) is 0.222. The third kappa shape index (κ3) is 2.59. The topological polar surface area (TPSA) is 69.4 Å². The first kappa shape index (κ1) is 13.1. The minimum Gasteiger partial charge on any atom is -0.490 e.